The predicted molar refractivity (Wildman–Crippen MR) is 134 cm³/mol. The van der Waals surface area contributed by atoms with Crippen molar-refractivity contribution in [2.75, 3.05) is 6.61 Å². The van der Waals surface area contributed by atoms with Crippen molar-refractivity contribution in [3.8, 4) is 11.3 Å². The number of benzene rings is 2. The molecule has 0 amide bonds. The first kappa shape index (κ1) is 23.3. The number of fused-ring (bicyclic) bond motifs is 1. The number of ether oxygens (including phenoxy) is 1. The summed E-state index contributed by atoms with van der Waals surface area (Å²) >= 11 is 3.17. The van der Waals surface area contributed by atoms with Gasteiger partial charge in [0, 0.05) is 0 Å². The fourth-order valence-corrected chi connectivity index (χ4v) is 5.30. The van der Waals surface area contributed by atoms with Crippen molar-refractivity contribution < 1.29 is 9.53 Å². The van der Waals surface area contributed by atoms with Crippen LogP contribution in [-0.2, 0) is 27.3 Å². The molecule has 0 saturated carbocycles. The first-order valence-electron chi connectivity index (χ1n) is 11.5. The molecular formula is C28H29N2O2Se. The van der Waals surface area contributed by atoms with E-state index < -0.39 is 4.31 Å². The van der Waals surface area contributed by atoms with E-state index in [2.05, 4.69) is 62.9 Å². The Bertz CT molecular complexity index is 1220. The van der Waals surface area contributed by atoms with E-state index in [4.69, 9.17) is 4.74 Å². The summed E-state index contributed by atoms with van der Waals surface area (Å²) in [6.07, 6.45) is 7.23. The second-order valence-electron chi connectivity index (χ2n) is 8.27. The fourth-order valence-electron chi connectivity index (χ4n) is 4.59. The van der Waals surface area contributed by atoms with E-state index in [-0.39, 0.29) is 5.97 Å². The molecule has 5 heteroatoms. The van der Waals surface area contributed by atoms with Gasteiger partial charge in [0.15, 0.2) is 0 Å². The number of para-hydroxylation sites is 1. The average Bonchev–Trinajstić information content (AvgIpc) is 3.14. The number of rotatable bonds is 9. The van der Waals surface area contributed by atoms with Crippen LogP contribution in [0.15, 0.2) is 79.1 Å². The van der Waals surface area contributed by atoms with Crippen molar-refractivity contribution in [2.24, 2.45) is 7.05 Å². The normalized spacial score (nSPS) is 13.1. The number of aryl methyl sites for hydroxylation is 2. The van der Waals surface area contributed by atoms with E-state index in [0.29, 0.717) is 13.0 Å². The van der Waals surface area contributed by atoms with Crippen LogP contribution in [0.2, 0.25) is 0 Å². The third kappa shape index (κ3) is 4.75. The minimum atomic E-state index is -0.762. The van der Waals surface area contributed by atoms with Gasteiger partial charge in [-0.25, -0.2) is 0 Å². The van der Waals surface area contributed by atoms with Gasteiger partial charge in [-0.2, -0.15) is 0 Å². The van der Waals surface area contributed by atoms with Crippen LogP contribution in [0.25, 0.3) is 22.2 Å². The summed E-state index contributed by atoms with van der Waals surface area (Å²) < 4.78 is 6.94. The Kier molecular flexibility index (Phi) is 7.32. The maximum absolute atomic E-state index is 12.9. The van der Waals surface area contributed by atoms with Crippen molar-refractivity contribution in [2.45, 2.75) is 36.9 Å². The van der Waals surface area contributed by atoms with Crippen LogP contribution in [0.5, 0.6) is 0 Å². The third-order valence-corrected chi connectivity index (χ3v) is 7.47. The Balaban J connectivity index is 1.57. The van der Waals surface area contributed by atoms with Crippen molar-refractivity contribution in [1.29, 1.82) is 0 Å². The third-order valence-electron chi connectivity index (χ3n) is 6.20. The molecule has 0 N–H and O–H groups in total. The Morgan fingerprint density at radius 1 is 1.03 bits per heavy atom. The summed E-state index contributed by atoms with van der Waals surface area (Å²) in [5.41, 5.74) is 5.86. The molecule has 33 heavy (non-hydrogen) atoms. The van der Waals surface area contributed by atoms with Gasteiger partial charge in [-0.05, 0) is 0 Å². The van der Waals surface area contributed by atoms with Crippen LogP contribution in [0.3, 0.4) is 0 Å². The van der Waals surface area contributed by atoms with Crippen molar-refractivity contribution in [1.82, 2.24) is 9.55 Å². The molecule has 2 aromatic carbocycles. The molecule has 0 saturated heterocycles. The standard InChI is InChI=1S/C28H29N2O2Se/c1-3-32-27(31)28(33,22-13-5-4-6-14-22)18-10-9-16-24-23-15-7-8-17-25(23)30(2)26(24)21-12-11-19-29-20-21/h4-8,11-15,17,19-20H,3,9-10,16,18H2,1-2H3. The van der Waals surface area contributed by atoms with Gasteiger partial charge in [-0.1, -0.05) is 0 Å². The number of aromatic nitrogens is 2. The summed E-state index contributed by atoms with van der Waals surface area (Å²) in [7, 11) is 2.12. The Hall–Kier alpha value is -2.88. The summed E-state index contributed by atoms with van der Waals surface area (Å²) in [5.74, 6) is -0.197. The summed E-state index contributed by atoms with van der Waals surface area (Å²) in [5, 5.41) is 1.28. The minimum absolute atomic E-state index is 0.197. The first-order chi connectivity index (χ1) is 16.1. The van der Waals surface area contributed by atoms with E-state index in [1.807, 2.05) is 55.7 Å². The van der Waals surface area contributed by atoms with Crippen molar-refractivity contribution >= 4 is 32.9 Å². The predicted octanol–water partition coefficient (Wildman–Crippen LogP) is 5.58. The molecule has 0 aliphatic rings. The van der Waals surface area contributed by atoms with Gasteiger partial charge in [0.05, 0.1) is 0 Å². The van der Waals surface area contributed by atoms with Crippen molar-refractivity contribution in [3.63, 3.8) is 0 Å². The Morgan fingerprint density at radius 3 is 2.52 bits per heavy atom. The average molecular weight is 505 g/mol. The number of hydrogen-bond donors (Lipinski definition) is 0. The second-order valence-corrected chi connectivity index (χ2v) is 9.73. The van der Waals surface area contributed by atoms with E-state index in [1.54, 1.807) is 0 Å². The van der Waals surface area contributed by atoms with Gasteiger partial charge in [-0.15, -0.1) is 0 Å². The molecule has 1 unspecified atom stereocenters. The van der Waals surface area contributed by atoms with E-state index in [1.165, 1.54) is 22.2 Å². The molecule has 2 heterocycles. The van der Waals surface area contributed by atoms with Gasteiger partial charge >= 0.3 is 204 Å². The molecule has 0 aliphatic heterocycles. The Labute approximate surface area is 203 Å². The SMILES string of the molecule is CCOC(=O)C([Se])(CCCCc1c(-c2cccnc2)n(C)c2ccccc12)c1ccccc1. The Morgan fingerprint density at radius 2 is 1.79 bits per heavy atom. The molecule has 0 spiro atoms. The van der Waals surface area contributed by atoms with Crippen LogP contribution >= 0.6 is 0 Å². The van der Waals surface area contributed by atoms with Crippen LogP contribution in [-0.4, -0.2) is 38.1 Å². The molecular weight excluding hydrogens is 475 g/mol. The zero-order chi connectivity index (χ0) is 23.3. The van der Waals surface area contributed by atoms with Gasteiger partial charge in [0.2, 0.25) is 0 Å². The number of carbonyl (C=O) groups excluding carboxylic acids is 1. The zero-order valence-electron chi connectivity index (χ0n) is 19.2. The van der Waals surface area contributed by atoms with Gasteiger partial charge in [0.25, 0.3) is 0 Å². The summed E-state index contributed by atoms with van der Waals surface area (Å²) in [4.78, 5) is 17.2. The molecule has 4 aromatic rings. The van der Waals surface area contributed by atoms with Gasteiger partial charge in [0.1, 0.15) is 0 Å². The number of nitrogens with zero attached hydrogens (tertiary/aromatic N) is 2. The molecule has 4 nitrogen and oxygen atoms in total. The molecule has 2 aromatic heterocycles. The first-order valence-corrected chi connectivity index (χ1v) is 12.3. The molecule has 4 rings (SSSR count). The maximum atomic E-state index is 12.9. The van der Waals surface area contributed by atoms with Crippen LogP contribution in [0.1, 0.15) is 37.3 Å². The van der Waals surface area contributed by atoms with E-state index in [9.17, 15) is 4.79 Å². The zero-order valence-corrected chi connectivity index (χ0v) is 20.9. The molecule has 0 bridgehead atoms. The molecule has 169 valence electrons. The monoisotopic (exact) mass is 505 g/mol. The topological polar surface area (TPSA) is 44.1 Å². The second kappa shape index (κ2) is 10.4. The fraction of sp³-hybridized carbons (Fsp3) is 0.286. The quantitative estimate of drug-likeness (QED) is 0.170. The van der Waals surface area contributed by atoms with E-state index >= 15 is 0 Å². The van der Waals surface area contributed by atoms with E-state index in [0.717, 1.165) is 30.4 Å². The molecule has 0 aliphatic carbocycles. The van der Waals surface area contributed by atoms with Crippen LogP contribution < -0.4 is 0 Å². The number of hydrogen-bond acceptors (Lipinski definition) is 3. The summed E-state index contributed by atoms with van der Waals surface area (Å²) in [6, 6.07) is 22.6. The van der Waals surface area contributed by atoms with Crippen molar-refractivity contribution in [3.05, 3.63) is 90.3 Å². The molecule has 1 radical (unpaired) electrons. The molecule has 0 fully saturated rings. The number of unbranched alkanes of at least 4 members (excludes halogenated alkanes) is 1. The summed E-state index contributed by atoms with van der Waals surface area (Å²) in [6.45, 7) is 2.23. The molecule has 1 atom stereocenters. The number of pyridine rings is 1. The van der Waals surface area contributed by atoms with Gasteiger partial charge < -0.3 is 0 Å². The number of esters is 1. The van der Waals surface area contributed by atoms with Crippen LogP contribution in [0.4, 0.5) is 0 Å². The number of carbonyl (C=O) groups is 1. The van der Waals surface area contributed by atoms with Crippen LogP contribution in [0, 0.1) is 0 Å². The van der Waals surface area contributed by atoms with Gasteiger partial charge in [-0.3, -0.25) is 0 Å².